The van der Waals surface area contributed by atoms with Gasteiger partial charge in [0, 0.05) is 11.6 Å². The lowest BCUT2D eigenvalue weighted by Gasteiger charge is -2.34. The van der Waals surface area contributed by atoms with E-state index in [-0.39, 0.29) is 6.04 Å². The van der Waals surface area contributed by atoms with Crippen LogP contribution in [0.4, 0.5) is 0 Å². The molecule has 4 rings (SSSR count). The number of rotatable bonds is 9. The number of ether oxygens (including phenoxy) is 2. The summed E-state index contributed by atoms with van der Waals surface area (Å²) in [5, 5.41) is 0. The van der Waals surface area contributed by atoms with Crippen LogP contribution in [0, 0.1) is 5.92 Å². The van der Waals surface area contributed by atoms with Crippen LogP contribution in [-0.4, -0.2) is 45.8 Å². The van der Waals surface area contributed by atoms with Gasteiger partial charge in [-0.05, 0) is 102 Å². The Hall–Kier alpha value is -1.83. The molecule has 34 heavy (non-hydrogen) atoms. The van der Waals surface area contributed by atoms with Gasteiger partial charge >= 0.3 is 0 Å². The number of fused-ring (bicyclic) bond motifs is 1. The Morgan fingerprint density at radius 3 is 2.59 bits per heavy atom. The monoisotopic (exact) mass is 488 g/mol. The predicted molar refractivity (Wildman–Crippen MR) is 137 cm³/mol. The van der Waals surface area contributed by atoms with Crippen molar-refractivity contribution >= 4 is 10.0 Å². The molecular weight excluding hydrogens is 448 g/mol. The van der Waals surface area contributed by atoms with Crippen LogP contribution in [0.1, 0.15) is 76.7 Å². The van der Waals surface area contributed by atoms with E-state index in [1.54, 1.807) is 19.1 Å². The molecule has 2 heterocycles. The van der Waals surface area contributed by atoms with E-state index in [1.807, 2.05) is 19.1 Å². The molecule has 7 heteroatoms. The van der Waals surface area contributed by atoms with Gasteiger partial charge in [0.2, 0.25) is 16.8 Å². The molecule has 1 aromatic rings. The van der Waals surface area contributed by atoms with E-state index in [0.717, 1.165) is 76.1 Å². The lowest BCUT2D eigenvalue weighted by molar-refractivity contribution is 0.169. The summed E-state index contributed by atoms with van der Waals surface area (Å²) in [7, 11) is -3.42. The Labute approximate surface area is 205 Å². The van der Waals surface area contributed by atoms with Gasteiger partial charge in [-0.25, -0.2) is 13.1 Å². The molecule has 0 atom stereocenters. The van der Waals surface area contributed by atoms with E-state index in [9.17, 15) is 8.42 Å². The lowest BCUT2D eigenvalue weighted by Crippen LogP contribution is -2.39. The predicted octanol–water partition coefficient (Wildman–Crippen LogP) is 5.33. The Morgan fingerprint density at radius 1 is 1.12 bits per heavy atom. The van der Waals surface area contributed by atoms with E-state index >= 15 is 0 Å². The highest BCUT2D eigenvalue weighted by atomic mass is 32.2. The minimum Gasteiger partial charge on any atom is -0.454 e. The highest BCUT2D eigenvalue weighted by Crippen LogP contribution is 2.42. The summed E-state index contributed by atoms with van der Waals surface area (Å²) < 4.78 is 39.6. The average Bonchev–Trinajstić information content (AvgIpc) is 3.33. The summed E-state index contributed by atoms with van der Waals surface area (Å²) >= 11 is 0. The number of nitrogens with one attached hydrogen (secondary N) is 1. The molecule has 6 nitrogen and oxygen atoms in total. The van der Waals surface area contributed by atoms with Gasteiger partial charge in [-0.15, -0.1) is 0 Å². The first-order valence-corrected chi connectivity index (χ1v) is 14.4. The molecule has 0 aromatic heterocycles. The van der Waals surface area contributed by atoms with Crippen molar-refractivity contribution < 1.29 is 17.9 Å². The van der Waals surface area contributed by atoms with Crippen LogP contribution in [0.15, 0.2) is 41.3 Å². The molecule has 0 amide bonds. The van der Waals surface area contributed by atoms with Crippen molar-refractivity contribution in [3.63, 3.8) is 0 Å². The van der Waals surface area contributed by atoms with Crippen molar-refractivity contribution in [3.05, 3.63) is 46.9 Å². The van der Waals surface area contributed by atoms with E-state index in [1.165, 1.54) is 12.0 Å². The van der Waals surface area contributed by atoms with Crippen LogP contribution in [0.3, 0.4) is 0 Å². The van der Waals surface area contributed by atoms with Crippen molar-refractivity contribution in [2.45, 2.75) is 77.2 Å². The largest absolute Gasteiger partial charge is 0.454 e. The van der Waals surface area contributed by atoms with Crippen LogP contribution in [0.5, 0.6) is 11.5 Å². The fourth-order valence-electron chi connectivity index (χ4n) is 5.54. The Morgan fingerprint density at radius 2 is 1.88 bits per heavy atom. The Balaban J connectivity index is 1.18. The summed E-state index contributed by atoms with van der Waals surface area (Å²) in [4.78, 5) is 2.98. The Kier molecular flexibility index (Phi) is 8.72. The van der Waals surface area contributed by atoms with Crippen molar-refractivity contribution in [2.24, 2.45) is 5.92 Å². The maximum Gasteiger partial charge on any atom is 0.240 e. The van der Waals surface area contributed by atoms with Crippen LogP contribution in [0.25, 0.3) is 0 Å². The molecule has 0 bridgehead atoms. The maximum absolute atomic E-state index is 12.7. The topological polar surface area (TPSA) is 67.9 Å². The molecule has 1 saturated heterocycles. The van der Waals surface area contributed by atoms with Gasteiger partial charge in [-0.2, -0.15) is 0 Å². The van der Waals surface area contributed by atoms with E-state index in [2.05, 4.69) is 21.8 Å². The molecule has 2 aliphatic heterocycles. The van der Waals surface area contributed by atoms with Gasteiger partial charge in [0.25, 0.3) is 0 Å². The number of nitrogens with zero attached hydrogens (tertiary/aromatic N) is 1. The number of piperidine rings is 1. The standard InChI is InChI=1S/C27H40N2O4S/c1-3-5-7-24(4-2)34(30,31)28-23-12-10-21(11-13-23)14-17-29-18-15-22(16-19-29)25-8-6-9-26-27(25)33-20-32-26/h4-9,21-23,28H,3,10-20H2,1-2H3. The third kappa shape index (κ3) is 6.23. The minimum absolute atomic E-state index is 0.0563. The second kappa shape index (κ2) is 11.7. The van der Waals surface area contributed by atoms with Crippen molar-refractivity contribution in [1.29, 1.82) is 0 Å². The molecule has 1 saturated carbocycles. The summed E-state index contributed by atoms with van der Waals surface area (Å²) in [6, 6.07) is 6.32. The fourth-order valence-corrected chi connectivity index (χ4v) is 6.93. The van der Waals surface area contributed by atoms with Crippen molar-refractivity contribution in [1.82, 2.24) is 9.62 Å². The van der Waals surface area contributed by atoms with Crippen LogP contribution in [0.2, 0.25) is 0 Å². The molecule has 0 unspecified atom stereocenters. The van der Waals surface area contributed by atoms with Gasteiger partial charge in [0.15, 0.2) is 11.5 Å². The summed E-state index contributed by atoms with van der Waals surface area (Å²) in [5.74, 6) is 3.08. The van der Waals surface area contributed by atoms with Crippen molar-refractivity contribution in [2.75, 3.05) is 26.4 Å². The summed E-state index contributed by atoms with van der Waals surface area (Å²) in [6.07, 6.45) is 13.7. The number of sulfonamides is 1. The normalized spacial score (nSPS) is 24.7. The summed E-state index contributed by atoms with van der Waals surface area (Å²) in [6.45, 7) is 7.52. The first-order valence-electron chi connectivity index (χ1n) is 13.0. The van der Waals surface area contributed by atoms with Gasteiger partial charge in [-0.1, -0.05) is 31.2 Å². The second-order valence-electron chi connectivity index (χ2n) is 9.83. The number of allylic oxidation sites excluding steroid dienone is 3. The molecule has 1 aromatic carbocycles. The molecule has 0 spiro atoms. The number of hydrogen-bond donors (Lipinski definition) is 1. The van der Waals surface area contributed by atoms with Gasteiger partial charge in [0.05, 0.1) is 4.91 Å². The third-order valence-electron chi connectivity index (χ3n) is 7.59. The van der Waals surface area contributed by atoms with Gasteiger partial charge in [0.1, 0.15) is 0 Å². The van der Waals surface area contributed by atoms with Crippen LogP contribution >= 0.6 is 0 Å². The minimum atomic E-state index is -3.42. The fraction of sp³-hybridized carbons (Fsp3) is 0.630. The second-order valence-corrected chi connectivity index (χ2v) is 11.5. The zero-order valence-corrected chi connectivity index (χ0v) is 21.5. The third-order valence-corrected chi connectivity index (χ3v) is 9.23. The quantitative estimate of drug-likeness (QED) is 0.476. The molecule has 1 N–H and O–H groups in total. The molecular formula is C27H40N2O4S. The van der Waals surface area contributed by atoms with Crippen LogP contribution in [-0.2, 0) is 10.0 Å². The lowest BCUT2D eigenvalue weighted by atomic mass is 9.84. The smallest absolute Gasteiger partial charge is 0.240 e. The highest BCUT2D eigenvalue weighted by Gasteiger charge is 2.29. The Bertz CT molecular complexity index is 972. The zero-order valence-electron chi connectivity index (χ0n) is 20.7. The summed E-state index contributed by atoms with van der Waals surface area (Å²) in [5.41, 5.74) is 1.31. The first-order chi connectivity index (χ1) is 16.5. The number of benzene rings is 1. The molecule has 3 aliphatic rings. The SMILES string of the molecule is CC=C(C=CCC)S(=O)(=O)NC1CCC(CCN2CCC(c3cccc4c3OCO4)CC2)CC1. The van der Waals surface area contributed by atoms with Crippen molar-refractivity contribution in [3.8, 4) is 11.5 Å². The van der Waals surface area contributed by atoms with Gasteiger partial charge < -0.3 is 14.4 Å². The number of para-hydroxylation sites is 1. The molecule has 2 fully saturated rings. The average molecular weight is 489 g/mol. The zero-order chi connectivity index (χ0) is 24.0. The van der Waals surface area contributed by atoms with Gasteiger partial charge in [-0.3, -0.25) is 0 Å². The molecule has 188 valence electrons. The molecule has 1 aliphatic carbocycles. The number of likely N-dealkylation sites (tertiary alicyclic amines) is 1. The van der Waals surface area contributed by atoms with Crippen LogP contribution < -0.4 is 14.2 Å². The van der Waals surface area contributed by atoms with E-state index < -0.39 is 10.0 Å². The molecule has 0 radical (unpaired) electrons. The first kappa shape index (κ1) is 25.3. The highest BCUT2D eigenvalue weighted by molar-refractivity contribution is 7.93. The maximum atomic E-state index is 12.7. The number of hydrogen-bond acceptors (Lipinski definition) is 5. The van der Waals surface area contributed by atoms with E-state index in [0.29, 0.717) is 23.5 Å². The van der Waals surface area contributed by atoms with E-state index in [4.69, 9.17) is 9.47 Å².